The Morgan fingerprint density at radius 2 is 2.00 bits per heavy atom. The average Bonchev–Trinajstić information content (AvgIpc) is 3.11. The van der Waals surface area contributed by atoms with E-state index in [0.29, 0.717) is 12.0 Å². The lowest BCUT2D eigenvalue weighted by atomic mass is 10.0. The molecular weight excluding hydrogens is 364 g/mol. The number of carbonyl (C=O) groups is 1. The molecule has 0 saturated carbocycles. The molecule has 1 aliphatic heterocycles. The molecule has 6 nitrogen and oxygen atoms in total. The molecule has 1 aliphatic carbocycles. The summed E-state index contributed by atoms with van der Waals surface area (Å²) in [5.41, 5.74) is 3.43. The number of piperidine rings is 1. The largest absolute Gasteiger partial charge is 0.347 e. The van der Waals surface area contributed by atoms with Gasteiger partial charge in [-0.2, -0.15) is 4.98 Å². The summed E-state index contributed by atoms with van der Waals surface area (Å²) in [7, 11) is 0. The molecule has 2 heterocycles. The van der Waals surface area contributed by atoms with E-state index in [4.69, 9.17) is 0 Å². The van der Waals surface area contributed by atoms with Gasteiger partial charge in [-0.15, -0.1) is 0 Å². The predicted octanol–water partition coefficient (Wildman–Crippen LogP) is 2.33. The molecule has 29 heavy (non-hydrogen) atoms. The van der Waals surface area contributed by atoms with Crippen LogP contribution >= 0.6 is 0 Å². The van der Waals surface area contributed by atoms with Crippen LogP contribution in [-0.2, 0) is 19.3 Å². The van der Waals surface area contributed by atoms with Crippen LogP contribution in [0, 0.1) is 5.92 Å². The van der Waals surface area contributed by atoms with Gasteiger partial charge in [0.15, 0.2) is 0 Å². The van der Waals surface area contributed by atoms with E-state index >= 15 is 0 Å². The van der Waals surface area contributed by atoms with Gasteiger partial charge in [0.25, 0.3) is 5.91 Å². The molecule has 2 aromatic rings. The van der Waals surface area contributed by atoms with Crippen LogP contribution in [0.5, 0.6) is 0 Å². The van der Waals surface area contributed by atoms with Crippen LogP contribution < -0.4 is 11.0 Å². The van der Waals surface area contributed by atoms with E-state index in [0.717, 1.165) is 50.9 Å². The van der Waals surface area contributed by atoms with Crippen molar-refractivity contribution >= 4 is 5.91 Å². The molecular formula is C23H30N4O2. The average molecular weight is 395 g/mol. The maximum atomic E-state index is 12.8. The Hall–Kier alpha value is -2.47. The monoisotopic (exact) mass is 394 g/mol. The van der Waals surface area contributed by atoms with Gasteiger partial charge in [0.1, 0.15) is 5.69 Å². The number of carbonyl (C=O) groups excluding carboxylic acids is 1. The SMILES string of the molecule is CC(C)Cc1cc(C(=O)NC2CCCN(C3Cc4ccccc4C3)C2)nc(=O)[nH]1. The topological polar surface area (TPSA) is 78.1 Å². The van der Waals surface area contributed by atoms with Crippen LogP contribution in [0.3, 0.4) is 0 Å². The molecule has 1 atom stereocenters. The Labute approximate surface area is 171 Å². The van der Waals surface area contributed by atoms with E-state index in [1.54, 1.807) is 6.07 Å². The number of fused-ring (bicyclic) bond motifs is 1. The first-order chi connectivity index (χ1) is 14.0. The Morgan fingerprint density at radius 3 is 2.69 bits per heavy atom. The number of rotatable bonds is 5. The molecule has 2 N–H and O–H groups in total. The highest BCUT2D eigenvalue weighted by molar-refractivity contribution is 5.92. The second kappa shape index (κ2) is 8.49. The summed E-state index contributed by atoms with van der Waals surface area (Å²) in [5.74, 6) is 0.147. The van der Waals surface area contributed by atoms with E-state index in [2.05, 4.69) is 58.3 Å². The maximum absolute atomic E-state index is 12.8. The number of nitrogens with one attached hydrogen (secondary N) is 2. The predicted molar refractivity (Wildman–Crippen MR) is 113 cm³/mol. The highest BCUT2D eigenvalue weighted by atomic mass is 16.2. The summed E-state index contributed by atoms with van der Waals surface area (Å²) in [6.07, 6.45) is 4.93. The summed E-state index contributed by atoms with van der Waals surface area (Å²) in [6.45, 7) is 6.09. The van der Waals surface area contributed by atoms with Crippen molar-refractivity contribution in [3.63, 3.8) is 0 Å². The summed E-state index contributed by atoms with van der Waals surface area (Å²) >= 11 is 0. The molecule has 0 spiro atoms. The van der Waals surface area contributed by atoms with Crippen LogP contribution in [0.25, 0.3) is 0 Å². The third-order valence-corrected chi connectivity index (χ3v) is 6.00. The van der Waals surface area contributed by atoms with E-state index in [1.807, 2.05) is 0 Å². The standard InChI is InChI=1S/C23H30N4O2/c1-15(2)10-19-13-21(26-23(29)25-19)22(28)24-18-8-5-9-27(14-18)20-11-16-6-3-4-7-17(16)12-20/h3-4,6-7,13,15,18,20H,5,8-12,14H2,1-2H3,(H,24,28)(H,25,26,29). The zero-order valence-corrected chi connectivity index (χ0v) is 17.3. The van der Waals surface area contributed by atoms with Crippen molar-refractivity contribution in [3.8, 4) is 0 Å². The summed E-state index contributed by atoms with van der Waals surface area (Å²) < 4.78 is 0. The fourth-order valence-electron chi connectivity index (χ4n) is 4.68. The highest BCUT2D eigenvalue weighted by Crippen LogP contribution is 2.27. The van der Waals surface area contributed by atoms with Crippen LogP contribution in [0.4, 0.5) is 0 Å². The first-order valence-corrected chi connectivity index (χ1v) is 10.7. The van der Waals surface area contributed by atoms with E-state index < -0.39 is 5.69 Å². The maximum Gasteiger partial charge on any atom is 0.345 e. The molecule has 154 valence electrons. The molecule has 4 rings (SSSR count). The second-order valence-corrected chi connectivity index (χ2v) is 8.83. The minimum absolute atomic E-state index is 0.0922. The van der Waals surface area contributed by atoms with Crippen molar-refractivity contribution in [2.24, 2.45) is 5.92 Å². The van der Waals surface area contributed by atoms with Gasteiger partial charge >= 0.3 is 5.69 Å². The lowest BCUT2D eigenvalue weighted by Gasteiger charge is -2.37. The quantitative estimate of drug-likeness (QED) is 0.816. The van der Waals surface area contributed by atoms with Crippen molar-refractivity contribution in [2.75, 3.05) is 13.1 Å². The smallest absolute Gasteiger partial charge is 0.345 e. The lowest BCUT2D eigenvalue weighted by molar-refractivity contribution is 0.0871. The summed E-state index contributed by atoms with van der Waals surface area (Å²) in [4.78, 5) is 33.8. The fourth-order valence-corrected chi connectivity index (χ4v) is 4.68. The minimum atomic E-state index is -0.456. The highest BCUT2D eigenvalue weighted by Gasteiger charge is 2.31. The van der Waals surface area contributed by atoms with Gasteiger partial charge in [0, 0.05) is 24.3 Å². The molecule has 6 heteroatoms. The van der Waals surface area contributed by atoms with Crippen molar-refractivity contribution in [1.29, 1.82) is 0 Å². The Bertz CT molecular complexity index is 911. The third-order valence-electron chi connectivity index (χ3n) is 6.00. The number of amides is 1. The number of hydrogen-bond acceptors (Lipinski definition) is 4. The van der Waals surface area contributed by atoms with E-state index in [1.165, 1.54) is 11.1 Å². The van der Waals surface area contributed by atoms with Crippen molar-refractivity contribution < 1.29 is 4.79 Å². The van der Waals surface area contributed by atoms with Crippen molar-refractivity contribution in [3.05, 3.63) is 63.3 Å². The molecule has 0 radical (unpaired) electrons. The van der Waals surface area contributed by atoms with Crippen LogP contribution in [0.1, 0.15) is 54.0 Å². The van der Waals surface area contributed by atoms with Crippen LogP contribution in [0.2, 0.25) is 0 Å². The molecule has 1 fully saturated rings. The Balaban J connectivity index is 1.39. The Morgan fingerprint density at radius 1 is 1.28 bits per heavy atom. The van der Waals surface area contributed by atoms with E-state index in [-0.39, 0.29) is 17.6 Å². The number of nitrogens with zero attached hydrogens (tertiary/aromatic N) is 2. The van der Waals surface area contributed by atoms with Gasteiger partial charge < -0.3 is 10.3 Å². The number of H-pyrrole nitrogens is 1. The zero-order valence-electron chi connectivity index (χ0n) is 17.3. The number of benzene rings is 1. The number of likely N-dealkylation sites (tertiary alicyclic amines) is 1. The second-order valence-electron chi connectivity index (χ2n) is 8.83. The third kappa shape index (κ3) is 4.75. The molecule has 1 unspecified atom stereocenters. The number of aromatic nitrogens is 2. The molecule has 1 saturated heterocycles. The first-order valence-electron chi connectivity index (χ1n) is 10.7. The van der Waals surface area contributed by atoms with Gasteiger partial charge in [0.05, 0.1) is 0 Å². The summed E-state index contributed by atoms with van der Waals surface area (Å²) in [6, 6.07) is 11.0. The zero-order chi connectivity index (χ0) is 20.4. The molecule has 1 aromatic heterocycles. The molecule has 1 aromatic carbocycles. The van der Waals surface area contributed by atoms with E-state index in [9.17, 15) is 9.59 Å². The number of aromatic amines is 1. The fraction of sp³-hybridized carbons (Fsp3) is 0.522. The lowest BCUT2D eigenvalue weighted by Crippen LogP contribution is -2.51. The van der Waals surface area contributed by atoms with Gasteiger partial charge in [-0.05, 0) is 61.8 Å². The first kappa shape index (κ1) is 19.8. The molecule has 2 aliphatic rings. The summed E-state index contributed by atoms with van der Waals surface area (Å²) in [5, 5.41) is 3.12. The Kier molecular flexibility index (Phi) is 5.81. The molecule has 1 amide bonds. The normalized spacial score (nSPS) is 20.0. The van der Waals surface area contributed by atoms with Crippen LogP contribution in [0.15, 0.2) is 35.1 Å². The van der Waals surface area contributed by atoms with Gasteiger partial charge in [-0.3, -0.25) is 9.69 Å². The van der Waals surface area contributed by atoms with Crippen molar-refractivity contribution in [1.82, 2.24) is 20.2 Å². The number of hydrogen-bond donors (Lipinski definition) is 2. The van der Waals surface area contributed by atoms with Crippen LogP contribution in [-0.4, -0.2) is 45.9 Å². The van der Waals surface area contributed by atoms with Gasteiger partial charge in [-0.1, -0.05) is 38.1 Å². The van der Waals surface area contributed by atoms with Gasteiger partial charge in [0.2, 0.25) is 0 Å². The minimum Gasteiger partial charge on any atom is -0.347 e. The van der Waals surface area contributed by atoms with Gasteiger partial charge in [-0.25, -0.2) is 4.79 Å². The van der Waals surface area contributed by atoms with Crippen molar-refractivity contribution in [2.45, 2.75) is 58.0 Å². The molecule has 0 bridgehead atoms.